The van der Waals surface area contributed by atoms with Crippen LogP contribution in [-0.4, -0.2) is 35.9 Å². The van der Waals surface area contributed by atoms with E-state index in [0.29, 0.717) is 12.3 Å². The Bertz CT molecular complexity index is 750. The number of halogens is 1. The first-order valence-corrected chi connectivity index (χ1v) is 9.50. The van der Waals surface area contributed by atoms with E-state index in [0.717, 1.165) is 18.4 Å². The lowest BCUT2D eigenvalue weighted by Crippen LogP contribution is -2.49. The number of benzene rings is 2. The minimum atomic E-state index is -0.672. The van der Waals surface area contributed by atoms with Crippen LogP contribution in [0.3, 0.4) is 0 Å². The van der Waals surface area contributed by atoms with Crippen LogP contribution >= 0.6 is 0 Å². The maximum absolute atomic E-state index is 13.2. The van der Waals surface area contributed by atoms with E-state index < -0.39 is 6.04 Å². The van der Waals surface area contributed by atoms with E-state index in [-0.39, 0.29) is 30.8 Å². The average molecular weight is 386 g/mol. The second kappa shape index (κ2) is 11.1. The summed E-state index contributed by atoms with van der Waals surface area (Å²) in [7, 11) is 0. The molecule has 1 N–H and O–H groups in total. The maximum Gasteiger partial charge on any atom is 0.261 e. The first kappa shape index (κ1) is 21.4. The van der Waals surface area contributed by atoms with Crippen molar-refractivity contribution in [2.75, 3.05) is 13.2 Å². The Morgan fingerprint density at radius 1 is 1.11 bits per heavy atom. The van der Waals surface area contributed by atoms with Crippen molar-refractivity contribution in [1.82, 2.24) is 10.2 Å². The average Bonchev–Trinajstić information content (AvgIpc) is 2.72. The number of nitrogens with one attached hydrogen (secondary N) is 1. The summed E-state index contributed by atoms with van der Waals surface area (Å²) in [5.74, 6) is -0.299. The summed E-state index contributed by atoms with van der Waals surface area (Å²) in [5.41, 5.74) is 0.739. The predicted octanol–water partition coefficient (Wildman–Crippen LogP) is 3.54. The summed E-state index contributed by atoms with van der Waals surface area (Å²) in [6.45, 7) is 4.31. The highest BCUT2D eigenvalue weighted by atomic mass is 19.1. The molecule has 0 fully saturated rings. The van der Waals surface area contributed by atoms with Gasteiger partial charge in [-0.3, -0.25) is 9.59 Å². The number of amides is 2. The van der Waals surface area contributed by atoms with Crippen molar-refractivity contribution in [1.29, 1.82) is 0 Å². The van der Waals surface area contributed by atoms with Crippen LogP contribution in [0.1, 0.15) is 32.3 Å². The van der Waals surface area contributed by atoms with E-state index >= 15 is 0 Å². The normalized spacial score (nSPS) is 11.5. The minimum absolute atomic E-state index is 0.183. The van der Waals surface area contributed by atoms with Crippen molar-refractivity contribution < 1.29 is 18.7 Å². The fraction of sp³-hybridized carbons (Fsp3) is 0.364. The lowest BCUT2D eigenvalue weighted by molar-refractivity contribution is -0.142. The summed E-state index contributed by atoms with van der Waals surface area (Å²) in [6.07, 6.45) is 1.85. The third-order valence-electron chi connectivity index (χ3n) is 4.37. The number of ether oxygens (including phenoxy) is 1. The number of carbonyl (C=O) groups excluding carboxylic acids is 2. The molecule has 1 unspecified atom stereocenters. The third-order valence-corrected chi connectivity index (χ3v) is 4.37. The van der Waals surface area contributed by atoms with Crippen LogP contribution < -0.4 is 10.1 Å². The first-order valence-electron chi connectivity index (χ1n) is 9.50. The highest BCUT2D eigenvalue weighted by Crippen LogP contribution is 2.13. The van der Waals surface area contributed by atoms with Gasteiger partial charge in [-0.15, -0.1) is 0 Å². The summed E-state index contributed by atoms with van der Waals surface area (Å²) in [6, 6.07) is 14.2. The van der Waals surface area contributed by atoms with Gasteiger partial charge in [-0.1, -0.05) is 43.7 Å². The molecule has 0 aliphatic rings. The number of hydrogen-bond acceptors (Lipinski definition) is 3. The lowest BCUT2D eigenvalue weighted by atomic mass is 10.1. The fourth-order valence-electron chi connectivity index (χ4n) is 2.65. The summed E-state index contributed by atoms with van der Waals surface area (Å²) >= 11 is 0. The molecule has 0 heterocycles. The molecular weight excluding hydrogens is 359 g/mol. The van der Waals surface area contributed by atoms with E-state index in [1.807, 2.05) is 25.1 Å². The van der Waals surface area contributed by atoms with Gasteiger partial charge in [-0.05, 0) is 43.2 Å². The smallest absolute Gasteiger partial charge is 0.261 e. The monoisotopic (exact) mass is 386 g/mol. The van der Waals surface area contributed by atoms with Gasteiger partial charge in [0.25, 0.3) is 5.91 Å². The summed E-state index contributed by atoms with van der Waals surface area (Å²) < 4.78 is 18.7. The Labute approximate surface area is 165 Å². The van der Waals surface area contributed by atoms with Crippen molar-refractivity contribution in [3.05, 3.63) is 66.0 Å². The Morgan fingerprint density at radius 3 is 2.43 bits per heavy atom. The second-order valence-corrected chi connectivity index (χ2v) is 6.57. The van der Waals surface area contributed by atoms with Crippen LogP contribution in [0.15, 0.2) is 54.6 Å². The molecule has 0 saturated heterocycles. The van der Waals surface area contributed by atoms with E-state index in [4.69, 9.17) is 4.74 Å². The van der Waals surface area contributed by atoms with Gasteiger partial charge in [0.1, 0.15) is 17.6 Å². The van der Waals surface area contributed by atoms with Crippen LogP contribution in [0.25, 0.3) is 0 Å². The second-order valence-electron chi connectivity index (χ2n) is 6.57. The number of rotatable bonds is 10. The van der Waals surface area contributed by atoms with Gasteiger partial charge in [0.15, 0.2) is 6.61 Å². The molecule has 0 bridgehead atoms. The zero-order chi connectivity index (χ0) is 20.4. The van der Waals surface area contributed by atoms with Gasteiger partial charge in [0.2, 0.25) is 5.91 Å². The zero-order valence-electron chi connectivity index (χ0n) is 16.4. The first-order chi connectivity index (χ1) is 13.5. The van der Waals surface area contributed by atoms with Crippen molar-refractivity contribution in [2.45, 2.75) is 39.3 Å². The van der Waals surface area contributed by atoms with E-state index in [1.54, 1.807) is 31.2 Å². The van der Waals surface area contributed by atoms with Gasteiger partial charge < -0.3 is 15.0 Å². The third kappa shape index (κ3) is 6.68. The molecule has 150 valence electrons. The molecule has 1 atom stereocenters. The van der Waals surface area contributed by atoms with Crippen LogP contribution in [-0.2, 0) is 16.1 Å². The molecular formula is C22H27FN2O3. The Balaban J connectivity index is 2.08. The molecule has 6 heteroatoms. The molecule has 0 spiro atoms. The molecule has 28 heavy (non-hydrogen) atoms. The highest BCUT2D eigenvalue weighted by molar-refractivity contribution is 5.87. The number of hydrogen-bond donors (Lipinski definition) is 1. The highest BCUT2D eigenvalue weighted by Gasteiger charge is 2.26. The van der Waals surface area contributed by atoms with E-state index in [1.165, 1.54) is 17.0 Å². The van der Waals surface area contributed by atoms with Crippen LogP contribution in [0.4, 0.5) is 4.39 Å². The molecule has 0 aliphatic carbocycles. The quantitative estimate of drug-likeness (QED) is 0.636. The standard InChI is InChI=1S/C22H27FN2O3/c1-3-4-14-24-22(27)17(2)25(15-18-10-12-19(23)13-11-18)21(26)16-28-20-8-6-5-7-9-20/h5-13,17H,3-4,14-16H2,1-2H3,(H,24,27). The van der Waals surface area contributed by atoms with Gasteiger partial charge in [0, 0.05) is 13.1 Å². The molecule has 2 rings (SSSR count). The van der Waals surface area contributed by atoms with Crippen LogP contribution in [0, 0.1) is 5.82 Å². The molecule has 0 radical (unpaired) electrons. The van der Waals surface area contributed by atoms with Gasteiger partial charge in [-0.2, -0.15) is 0 Å². The predicted molar refractivity (Wildman–Crippen MR) is 106 cm³/mol. The lowest BCUT2D eigenvalue weighted by Gasteiger charge is -2.28. The Morgan fingerprint density at radius 2 is 1.79 bits per heavy atom. The fourth-order valence-corrected chi connectivity index (χ4v) is 2.65. The van der Waals surface area contributed by atoms with E-state index in [9.17, 15) is 14.0 Å². The van der Waals surface area contributed by atoms with Crippen molar-refractivity contribution >= 4 is 11.8 Å². The minimum Gasteiger partial charge on any atom is -0.484 e. The number of unbranched alkanes of at least 4 members (excludes halogenated alkanes) is 1. The Kier molecular flexibility index (Phi) is 8.46. The number of carbonyl (C=O) groups is 2. The molecule has 2 amide bonds. The van der Waals surface area contributed by atoms with Crippen molar-refractivity contribution in [3.8, 4) is 5.75 Å². The molecule has 0 aromatic heterocycles. The summed E-state index contributed by atoms with van der Waals surface area (Å²) in [5, 5.41) is 2.85. The van der Waals surface area contributed by atoms with Crippen molar-refractivity contribution in [2.24, 2.45) is 0 Å². The molecule has 0 saturated carbocycles. The largest absolute Gasteiger partial charge is 0.484 e. The zero-order valence-corrected chi connectivity index (χ0v) is 16.4. The van der Waals surface area contributed by atoms with E-state index in [2.05, 4.69) is 5.32 Å². The van der Waals surface area contributed by atoms with Crippen molar-refractivity contribution in [3.63, 3.8) is 0 Å². The molecule has 2 aromatic carbocycles. The van der Waals surface area contributed by atoms with Crippen LogP contribution in [0.2, 0.25) is 0 Å². The Hall–Kier alpha value is -2.89. The van der Waals surface area contributed by atoms with Gasteiger partial charge in [0.05, 0.1) is 0 Å². The SMILES string of the molecule is CCCCNC(=O)C(C)N(Cc1ccc(F)cc1)C(=O)COc1ccccc1. The molecule has 5 nitrogen and oxygen atoms in total. The number of para-hydroxylation sites is 1. The molecule has 0 aliphatic heterocycles. The summed E-state index contributed by atoms with van der Waals surface area (Å²) in [4.78, 5) is 26.7. The topological polar surface area (TPSA) is 58.6 Å². The molecule has 2 aromatic rings. The van der Waals surface area contributed by atoms with Crippen LogP contribution in [0.5, 0.6) is 5.75 Å². The van der Waals surface area contributed by atoms with Gasteiger partial charge >= 0.3 is 0 Å². The maximum atomic E-state index is 13.2. The number of nitrogens with zero attached hydrogens (tertiary/aromatic N) is 1. The van der Waals surface area contributed by atoms with Gasteiger partial charge in [-0.25, -0.2) is 4.39 Å².